The van der Waals surface area contributed by atoms with E-state index in [1.807, 2.05) is 11.6 Å². The predicted octanol–water partition coefficient (Wildman–Crippen LogP) is 1.61. The van der Waals surface area contributed by atoms with Gasteiger partial charge >= 0.3 is 0 Å². The molecule has 0 aliphatic carbocycles. The Morgan fingerprint density at radius 2 is 2.29 bits per heavy atom. The van der Waals surface area contributed by atoms with Crippen LogP contribution in [0.5, 0.6) is 0 Å². The largest absolute Gasteiger partial charge is 0.330 e. The maximum Gasteiger partial charge on any atom is 0.195 e. The maximum atomic E-state index is 13.1. The molecule has 0 radical (unpaired) electrons. The summed E-state index contributed by atoms with van der Waals surface area (Å²) in [5, 5.41) is 8.56. The Kier molecular flexibility index (Phi) is 3.75. The third-order valence-electron chi connectivity index (χ3n) is 2.31. The fourth-order valence-electron chi connectivity index (χ4n) is 1.46. The van der Waals surface area contributed by atoms with E-state index in [0.717, 1.165) is 15.6 Å². The van der Waals surface area contributed by atoms with Crippen LogP contribution in [0, 0.1) is 5.82 Å². The summed E-state index contributed by atoms with van der Waals surface area (Å²) < 4.78 is 15.0. The van der Waals surface area contributed by atoms with Crippen LogP contribution in [-0.4, -0.2) is 21.3 Å². The summed E-state index contributed by atoms with van der Waals surface area (Å²) in [5.74, 6) is -0.240. The van der Waals surface area contributed by atoms with E-state index in [2.05, 4.69) is 10.2 Å². The van der Waals surface area contributed by atoms with Crippen LogP contribution in [0.2, 0.25) is 0 Å². The SMILES string of the molecule is Cn1cnnc1Sc1ccc(F)cc1CCN. The van der Waals surface area contributed by atoms with Crippen molar-refractivity contribution in [2.75, 3.05) is 6.54 Å². The van der Waals surface area contributed by atoms with E-state index < -0.39 is 0 Å². The zero-order valence-electron chi connectivity index (χ0n) is 9.43. The standard InChI is InChI=1S/C11H13FN4S/c1-16-7-14-15-11(16)17-10-3-2-9(12)6-8(10)4-5-13/h2-3,6-7H,4-5,13H2,1H3. The van der Waals surface area contributed by atoms with E-state index in [1.165, 1.54) is 23.9 Å². The molecular weight excluding hydrogens is 239 g/mol. The highest BCUT2D eigenvalue weighted by Gasteiger charge is 2.09. The van der Waals surface area contributed by atoms with Gasteiger partial charge in [0.2, 0.25) is 0 Å². The first kappa shape index (κ1) is 12.1. The van der Waals surface area contributed by atoms with E-state index in [9.17, 15) is 4.39 Å². The molecule has 2 N–H and O–H groups in total. The first-order valence-corrected chi connectivity index (χ1v) is 6.02. The van der Waals surface area contributed by atoms with Crippen molar-refractivity contribution < 1.29 is 4.39 Å². The van der Waals surface area contributed by atoms with Crippen molar-refractivity contribution in [3.05, 3.63) is 35.9 Å². The molecule has 0 aliphatic rings. The lowest BCUT2D eigenvalue weighted by Crippen LogP contribution is -2.04. The van der Waals surface area contributed by atoms with Crippen LogP contribution >= 0.6 is 11.8 Å². The van der Waals surface area contributed by atoms with Crippen LogP contribution in [0.25, 0.3) is 0 Å². The smallest absolute Gasteiger partial charge is 0.195 e. The summed E-state index contributed by atoms with van der Waals surface area (Å²) in [6, 6.07) is 4.71. The molecule has 0 unspecified atom stereocenters. The highest BCUT2D eigenvalue weighted by molar-refractivity contribution is 7.99. The lowest BCUT2D eigenvalue weighted by Gasteiger charge is -2.07. The molecule has 1 heterocycles. The third-order valence-corrected chi connectivity index (χ3v) is 3.48. The molecule has 0 atom stereocenters. The van der Waals surface area contributed by atoms with Crippen molar-refractivity contribution in [3.8, 4) is 0 Å². The number of nitrogens with two attached hydrogens (primary N) is 1. The zero-order valence-corrected chi connectivity index (χ0v) is 10.2. The number of rotatable bonds is 4. The molecule has 1 aromatic carbocycles. The van der Waals surface area contributed by atoms with Gasteiger partial charge in [0.1, 0.15) is 12.1 Å². The predicted molar refractivity (Wildman–Crippen MR) is 64.3 cm³/mol. The van der Waals surface area contributed by atoms with Crippen molar-refractivity contribution in [2.24, 2.45) is 12.8 Å². The van der Waals surface area contributed by atoms with Gasteiger partial charge in [0.05, 0.1) is 0 Å². The molecule has 0 fully saturated rings. The molecule has 0 spiro atoms. The maximum absolute atomic E-state index is 13.1. The minimum Gasteiger partial charge on any atom is -0.330 e. The van der Waals surface area contributed by atoms with Gasteiger partial charge in [-0.3, -0.25) is 0 Å². The number of aromatic nitrogens is 3. The second-order valence-electron chi connectivity index (χ2n) is 3.62. The lowest BCUT2D eigenvalue weighted by atomic mass is 10.1. The average molecular weight is 252 g/mol. The number of hydrogen-bond acceptors (Lipinski definition) is 4. The highest BCUT2D eigenvalue weighted by atomic mass is 32.2. The first-order chi connectivity index (χ1) is 8.20. The molecule has 2 aromatic rings. The molecule has 0 amide bonds. The molecule has 6 heteroatoms. The minimum atomic E-state index is -0.240. The minimum absolute atomic E-state index is 0.240. The highest BCUT2D eigenvalue weighted by Crippen LogP contribution is 2.29. The van der Waals surface area contributed by atoms with E-state index in [4.69, 9.17) is 5.73 Å². The number of hydrogen-bond donors (Lipinski definition) is 1. The molecule has 1 aromatic heterocycles. The molecule has 17 heavy (non-hydrogen) atoms. The topological polar surface area (TPSA) is 56.7 Å². The van der Waals surface area contributed by atoms with Gasteiger partial charge in [-0.25, -0.2) is 4.39 Å². The number of aryl methyl sites for hydroxylation is 1. The van der Waals surface area contributed by atoms with E-state index in [-0.39, 0.29) is 5.82 Å². The zero-order chi connectivity index (χ0) is 12.3. The number of nitrogens with zero attached hydrogens (tertiary/aromatic N) is 3. The Labute approximate surface area is 103 Å². The Hall–Kier alpha value is -1.40. The Morgan fingerprint density at radius 3 is 2.94 bits per heavy atom. The Morgan fingerprint density at radius 1 is 1.47 bits per heavy atom. The molecule has 2 rings (SSSR count). The molecule has 0 aliphatic heterocycles. The summed E-state index contributed by atoms with van der Waals surface area (Å²) in [6.45, 7) is 0.496. The fourth-order valence-corrected chi connectivity index (χ4v) is 2.37. The summed E-state index contributed by atoms with van der Waals surface area (Å²) in [7, 11) is 1.87. The van der Waals surface area contributed by atoms with Crippen LogP contribution in [0.3, 0.4) is 0 Å². The summed E-state index contributed by atoms with van der Waals surface area (Å²) in [5.41, 5.74) is 6.42. The average Bonchev–Trinajstić information content (AvgIpc) is 2.69. The van der Waals surface area contributed by atoms with Crippen LogP contribution in [-0.2, 0) is 13.5 Å². The quantitative estimate of drug-likeness (QED) is 0.898. The van der Waals surface area contributed by atoms with Crippen molar-refractivity contribution in [1.82, 2.24) is 14.8 Å². The van der Waals surface area contributed by atoms with Crippen LogP contribution < -0.4 is 5.73 Å². The van der Waals surface area contributed by atoms with E-state index in [1.54, 1.807) is 12.4 Å². The van der Waals surface area contributed by atoms with Crippen molar-refractivity contribution in [2.45, 2.75) is 16.5 Å². The first-order valence-electron chi connectivity index (χ1n) is 5.21. The van der Waals surface area contributed by atoms with Crippen LogP contribution in [0.1, 0.15) is 5.56 Å². The summed E-state index contributed by atoms with van der Waals surface area (Å²) >= 11 is 1.46. The molecule has 4 nitrogen and oxygen atoms in total. The number of halogens is 1. The van der Waals surface area contributed by atoms with Crippen LogP contribution in [0.4, 0.5) is 4.39 Å². The van der Waals surface area contributed by atoms with Gasteiger partial charge in [0.15, 0.2) is 5.16 Å². The van der Waals surface area contributed by atoms with Gasteiger partial charge in [-0.15, -0.1) is 10.2 Å². The Bertz CT molecular complexity index is 512. The van der Waals surface area contributed by atoms with Gasteiger partial charge in [-0.2, -0.15) is 0 Å². The fraction of sp³-hybridized carbons (Fsp3) is 0.273. The van der Waals surface area contributed by atoms with Gasteiger partial charge in [-0.05, 0) is 48.5 Å². The van der Waals surface area contributed by atoms with E-state index in [0.29, 0.717) is 13.0 Å². The van der Waals surface area contributed by atoms with E-state index >= 15 is 0 Å². The normalized spacial score (nSPS) is 10.8. The summed E-state index contributed by atoms with van der Waals surface area (Å²) in [6.07, 6.45) is 2.28. The lowest BCUT2D eigenvalue weighted by molar-refractivity contribution is 0.623. The molecule has 0 saturated carbocycles. The van der Waals surface area contributed by atoms with Gasteiger partial charge < -0.3 is 10.3 Å². The second kappa shape index (κ2) is 5.29. The second-order valence-corrected chi connectivity index (χ2v) is 4.63. The van der Waals surface area contributed by atoms with Crippen LogP contribution in [0.15, 0.2) is 34.6 Å². The third kappa shape index (κ3) is 2.83. The van der Waals surface area contributed by atoms with Gasteiger partial charge in [0, 0.05) is 11.9 Å². The molecular formula is C11H13FN4S. The summed E-state index contributed by atoms with van der Waals surface area (Å²) in [4.78, 5) is 0.966. The monoisotopic (exact) mass is 252 g/mol. The van der Waals surface area contributed by atoms with Crippen molar-refractivity contribution >= 4 is 11.8 Å². The molecule has 0 bridgehead atoms. The van der Waals surface area contributed by atoms with Gasteiger partial charge in [-0.1, -0.05) is 0 Å². The van der Waals surface area contributed by atoms with Crippen molar-refractivity contribution in [1.29, 1.82) is 0 Å². The van der Waals surface area contributed by atoms with Crippen molar-refractivity contribution in [3.63, 3.8) is 0 Å². The Balaban J connectivity index is 2.29. The van der Waals surface area contributed by atoms with Gasteiger partial charge in [0.25, 0.3) is 0 Å². The number of benzene rings is 1. The molecule has 90 valence electrons. The molecule has 0 saturated heterocycles.